The number of nitrogens with one attached hydrogen (secondary N) is 2. The number of para-hydroxylation sites is 1. The molecule has 0 saturated carbocycles. The largest absolute Gasteiger partial charge is 0.379 e. The summed E-state index contributed by atoms with van der Waals surface area (Å²) in [5, 5.41) is 5.19. The summed E-state index contributed by atoms with van der Waals surface area (Å²) in [4.78, 5) is 1.40. The van der Waals surface area contributed by atoms with Crippen LogP contribution in [-0.4, -0.2) is 14.5 Å². The number of thiophene rings is 1. The van der Waals surface area contributed by atoms with Crippen molar-refractivity contribution in [1.82, 2.24) is 4.72 Å². The van der Waals surface area contributed by atoms with E-state index in [1.54, 1.807) is 43.4 Å². The van der Waals surface area contributed by atoms with E-state index in [9.17, 15) is 8.42 Å². The summed E-state index contributed by atoms with van der Waals surface area (Å²) >= 11 is 5.03. The third kappa shape index (κ3) is 4.54. The van der Waals surface area contributed by atoms with Crippen LogP contribution in [0.5, 0.6) is 0 Å². The maximum absolute atomic E-state index is 12.3. The summed E-state index contributed by atoms with van der Waals surface area (Å²) in [7, 11) is -3.51. The fraction of sp³-hybridized carbons (Fsp3) is 0.286. The average molecular weight is 389 g/mol. The van der Waals surface area contributed by atoms with Gasteiger partial charge in [0.05, 0.1) is 5.69 Å². The van der Waals surface area contributed by atoms with E-state index in [0.29, 0.717) is 12.2 Å². The van der Waals surface area contributed by atoms with E-state index in [4.69, 9.17) is 0 Å². The summed E-state index contributed by atoms with van der Waals surface area (Å²) in [5.74, 6) is 0. The number of sulfonamides is 1. The maximum Gasteiger partial charge on any atom is 0.242 e. The molecule has 114 valence electrons. The van der Waals surface area contributed by atoms with E-state index < -0.39 is 10.0 Å². The van der Waals surface area contributed by atoms with Crippen LogP contribution in [0.25, 0.3) is 0 Å². The zero-order chi connectivity index (χ0) is 15.5. The topological polar surface area (TPSA) is 58.2 Å². The second-order valence-electron chi connectivity index (χ2n) is 4.86. The molecule has 0 aliphatic carbocycles. The van der Waals surface area contributed by atoms with Crippen molar-refractivity contribution in [2.45, 2.75) is 31.3 Å². The molecule has 0 bridgehead atoms. The highest BCUT2D eigenvalue weighted by atomic mass is 79.9. The average Bonchev–Trinajstić information content (AvgIpc) is 2.81. The minimum absolute atomic E-state index is 0.142. The van der Waals surface area contributed by atoms with E-state index >= 15 is 0 Å². The zero-order valence-corrected chi connectivity index (χ0v) is 15.0. The molecule has 0 amide bonds. The summed E-state index contributed by atoms with van der Waals surface area (Å²) in [6, 6.07) is 8.80. The first kappa shape index (κ1) is 16.5. The Morgan fingerprint density at radius 1 is 1.29 bits per heavy atom. The molecule has 21 heavy (non-hydrogen) atoms. The lowest BCUT2D eigenvalue weighted by atomic mass is 10.3. The molecule has 0 spiro atoms. The van der Waals surface area contributed by atoms with Gasteiger partial charge in [0.2, 0.25) is 10.0 Å². The van der Waals surface area contributed by atoms with Gasteiger partial charge in [-0.2, -0.15) is 0 Å². The van der Waals surface area contributed by atoms with Crippen LogP contribution in [0.1, 0.15) is 18.7 Å². The normalized spacial score (nSPS) is 11.8. The van der Waals surface area contributed by atoms with Gasteiger partial charge in [0.25, 0.3) is 0 Å². The first-order chi connectivity index (χ1) is 9.88. The molecule has 0 fully saturated rings. The summed E-state index contributed by atoms with van der Waals surface area (Å²) < 4.78 is 28.3. The third-order valence-electron chi connectivity index (χ3n) is 2.64. The molecule has 2 aromatic rings. The lowest BCUT2D eigenvalue weighted by Gasteiger charge is -2.14. The predicted molar refractivity (Wildman–Crippen MR) is 91.2 cm³/mol. The molecular weight excluding hydrogens is 372 g/mol. The van der Waals surface area contributed by atoms with Crippen molar-refractivity contribution in [2.24, 2.45) is 0 Å². The highest BCUT2D eigenvalue weighted by Gasteiger charge is 2.19. The smallest absolute Gasteiger partial charge is 0.242 e. The SMILES string of the molecule is CC(C)NS(=O)(=O)c1ccccc1NCc1cc(Br)cs1. The number of hydrogen-bond donors (Lipinski definition) is 2. The maximum atomic E-state index is 12.3. The van der Waals surface area contributed by atoms with Crippen LogP contribution in [0.3, 0.4) is 0 Å². The Bertz CT molecular complexity index is 711. The van der Waals surface area contributed by atoms with Gasteiger partial charge in [-0.1, -0.05) is 12.1 Å². The minimum atomic E-state index is -3.51. The lowest BCUT2D eigenvalue weighted by molar-refractivity contribution is 0.570. The summed E-state index contributed by atoms with van der Waals surface area (Å²) in [5.41, 5.74) is 0.607. The molecule has 0 atom stereocenters. The van der Waals surface area contributed by atoms with Crippen molar-refractivity contribution in [1.29, 1.82) is 0 Å². The van der Waals surface area contributed by atoms with Crippen molar-refractivity contribution >= 4 is 43.0 Å². The Labute approximate surface area is 137 Å². The molecule has 2 N–H and O–H groups in total. The number of halogens is 1. The molecule has 1 aromatic carbocycles. The van der Waals surface area contributed by atoms with Crippen LogP contribution in [-0.2, 0) is 16.6 Å². The molecule has 0 aliphatic rings. The standard InChI is InChI=1S/C14H17BrN2O2S2/c1-10(2)17-21(18,19)14-6-4-3-5-13(14)16-8-12-7-11(15)9-20-12/h3-7,9-10,16-17H,8H2,1-2H3. The molecular formula is C14H17BrN2O2S2. The molecule has 7 heteroatoms. The van der Waals surface area contributed by atoms with Crippen molar-refractivity contribution < 1.29 is 8.42 Å². The van der Waals surface area contributed by atoms with Gasteiger partial charge < -0.3 is 5.32 Å². The van der Waals surface area contributed by atoms with Crippen LogP contribution in [0.2, 0.25) is 0 Å². The van der Waals surface area contributed by atoms with Crippen molar-refractivity contribution in [2.75, 3.05) is 5.32 Å². The molecule has 0 aliphatic heterocycles. The fourth-order valence-electron chi connectivity index (χ4n) is 1.85. The van der Waals surface area contributed by atoms with E-state index in [1.165, 1.54) is 0 Å². The second-order valence-corrected chi connectivity index (χ2v) is 8.45. The quantitative estimate of drug-likeness (QED) is 0.790. The number of benzene rings is 1. The minimum Gasteiger partial charge on any atom is -0.379 e. The van der Waals surface area contributed by atoms with Gasteiger partial charge >= 0.3 is 0 Å². The highest BCUT2D eigenvalue weighted by Crippen LogP contribution is 2.24. The molecule has 0 radical (unpaired) electrons. The van der Waals surface area contributed by atoms with E-state index in [-0.39, 0.29) is 10.9 Å². The van der Waals surface area contributed by atoms with Gasteiger partial charge in [0.15, 0.2) is 0 Å². The van der Waals surface area contributed by atoms with Crippen LogP contribution < -0.4 is 10.0 Å². The molecule has 2 rings (SSSR count). The lowest BCUT2D eigenvalue weighted by Crippen LogP contribution is -2.30. The van der Waals surface area contributed by atoms with Gasteiger partial charge in [0, 0.05) is 27.3 Å². The molecule has 0 unspecified atom stereocenters. The first-order valence-electron chi connectivity index (χ1n) is 6.46. The highest BCUT2D eigenvalue weighted by molar-refractivity contribution is 9.10. The zero-order valence-electron chi connectivity index (χ0n) is 11.8. The Morgan fingerprint density at radius 2 is 2.00 bits per heavy atom. The van der Waals surface area contributed by atoms with Gasteiger partial charge in [-0.3, -0.25) is 0 Å². The number of anilines is 1. The Kier molecular flexibility index (Phi) is 5.43. The van der Waals surface area contributed by atoms with E-state index in [2.05, 4.69) is 26.0 Å². The van der Waals surface area contributed by atoms with Gasteiger partial charge in [-0.05, 0) is 48.0 Å². The predicted octanol–water partition coefficient (Wildman–Crippen LogP) is 3.81. The van der Waals surface area contributed by atoms with E-state index in [1.807, 2.05) is 17.5 Å². The summed E-state index contributed by atoms with van der Waals surface area (Å²) in [6.45, 7) is 4.19. The van der Waals surface area contributed by atoms with Crippen LogP contribution in [0, 0.1) is 0 Å². The number of rotatable bonds is 6. The Balaban J connectivity index is 2.21. The van der Waals surface area contributed by atoms with Crippen molar-refractivity contribution in [3.63, 3.8) is 0 Å². The summed E-state index contributed by atoms with van der Waals surface area (Å²) in [6.07, 6.45) is 0. The third-order valence-corrected chi connectivity index (χ3v) is 6.06. The van der Waals surface area contributed by atoms with Gasteiger partial charge in [0.1, 0.15) is 4.90 Å². The van der Waals surface area contributed by atoms with Crippen LogP contribution >= 0.6 is 27.3 Å². The fourth-order valence-corrected chi connectivity index (χ4v) is 4.68. The number of hydrogen-bond acceptors (Lipinski definition) is 4. The van der Waals surface area contributed by atoms with Crippen molar-refractivity contribution in [3.8, 4) is 0 Å². The van der Waals surface area contributed by atoms with Crippen LogP contribution in [0.4, 0.5) is 5.69 Å². The molecule has 1 heterocycles. The van der Waals surface area contributed by atoms with Crippen molar-refractivity contribution in [3.05, 3.63) is 45.1 Å². The molecule has 4 nitrogen and oxygen atoms in total. The molecule has 1 aromatic heterocycles. The van der Waals surface area contributed by atoms with Crippen LogP contribution in [0.15, 0.2) is 45.1 Å². The Morgan fingerprint density at radius 3 is 2.62 bits per heavy atom. The molecule has 0 saturated heterocycles. The Hall–Kier alpha value is -0.890. The first-order valence-corrected chi connectivity index (χ1v) is 9.62. The monoisotopic (exact) mass is 388 g/mol. The van der Waals surface area contributed by atoms with Gasteiger partial charge in [-0.25, -0.2) is 13.1 Å². The second kappa shape index (κ2) is 6.91. The van der Waals surface area contributed by atoms with Gasteiger partial charge in [-0.15, -0.1) is 11.3 Å². The van der Waals surface area contributed by atoms with E-state index in [0.717, 1.165) is 9.35 Å².